The molecule has 0 unspecified atom stereocenters. The van der Waals surface area contributed by atoms with E-state index in [1.165, 1.54) is 13.4 Å². The van der Waals surface area contributed by atoms with Gasteiger partial charge in [-0.25, -0.2) is 4.79 Å². The highest BCUT2D eigenvalue weighted by Crippen LogP contribution is 2.62. The first-order valence-electron chi connectivity index (χ1n) is 12.0. The predicted octanol–water partition coefficient (Wildman–Crippen LogP) is 2.45. The van der Waals surface area contributed by atoms with Crippen molar-refractivity contribution in [3.05, 3.63) is 34.3 Å². The van der Waals surface area contributed by atoms with Crippen molar-refractivity contribution >= 4 is 29.2 Å². The van der Waals surface area contributed by atoms with Gasteiger partial charge in [-0.15, -0.1) is 0 Å². The summed E-state index contributed by atoms with van der Waals surface area (Å²) in [4.78, 5) is 63.9. The second-order valence-electron chi connectivity index (χ2n) is 10.6. The lowest BCUT2D eigenvalue weighted by Crippen LogP contribution is -2.55. The first-order valence-corrected chi connectivity index (χ1v) is 12.0. The van der Waals surface area contributed by atoms with Crippen LogP contribution in [0.3, 0.4) is 0 Å². The maximum Gasteiger partial charge on any atom is 0.342 e. The highest BCUT2D eigenvalue weighted by molar-refractivity contribution is 6.14. The molecule has 1 aromatic heterocycles. The van der Waals surface area contributed by atoms with Gasteiger partial charge in [0.05, 0.1) is 12.0 Å². The van der Waals surface area contributed by atoms with E-state index in [1.54, 1.807) is 0 Å². The second kappa shape index (κ2) is 7.98. The van der Waals surface area contributed by atoms with Crippen LogP contribution < -0.4 is 5.73 Å². The zero-order chi connectivity index (χ0) is 25.3. The maximum absolute atomic E-state index is 13.9. The number of allylic oxidation sites excluding steroid dienone is 1. The molecule has 0 aromatic carbocycles. The Bertz CT molecular complexity index is 1210. The first kappa shape index (κ1) is 23.7. The zero-order valence-electron chi connectivity index (χ0n) is 20.1. The number of ether oxygens (including phenoxy) is 2. The Morgan fingerprint density at radius 1 is 1.20 bits per heavy atom. The molecule has 1 amide bonds. The maximum atomic E-state index is 13.9. The quantitative estimate of drug-likeness (QED) is 0.583. The van der Waals surface area contributed by atoms with Gasteiger partial charge in [0.1, 0.15) is 29.5 Å². The molecule has 5 rings (SSSR count). The summed E-state index contributed by atoms with van der Waals surface area (Å²) in [5.74, 6) is -2.23. The Kier molecular flexibility index (Phi) is 5.39. The molecule has 186 valence electrons. The van der Waals surface area contributed by atoms with E-state index in [0.717, 1.165) is 5.57 Å². The van der Waals surface area contributed by atoms with Crippen molar-refractivity contribution < 1.29 is 37.9 Å². The number of Topliss-reactive ketones (excluding diaryl/α,β-unsaturated/α-hetero) is 3. The third-order valence-corrected chi connectivity index (χ3v) is 8.66. The van der Waals surface area contributed by atoms with E-state index in [-0.39, 0.29) is 60.5 Å². The molecule has 2 N–H and O–H groups in total. The largest absolute Gasteiger partial charge is 0.460 e. The molecule has 0 radical (unpaired) electrons. The normalized spacial score (nSPS) is 33.2. The number of primary amides is 1. The molecule has 3 aliphatic carbocycles. The smallest absolute Gasteiger partial charge is 0.342 e. The van der Waals surface area contributed by atoms with Gasteiger partial charge in [-0.3, -0.25) is 19.2 Å². The Labute approximate surface area is 202 Å². The van der Waals surface area contributed by atoms with Crippen LogP contribution in [0.1, 0.15) is 78.8 Å². The van der Waals surface area contributed by atoms with Gasteiger partial charge < -0.3 is 19.6 Å². The van der Waals surface area contributed by atoms with Crippen LogP contribution in [0.5, 0.6) is 0 Å². The molecular weight excluding hydrogens is 454 g/mol. The van der Waals surface area contributed by atoms with Crippen LogP contribution in [0.15, 0.2) is 21.8 Å². The summed E-state index contributed by atoms with van der Waals surface area (Å²) in [6.45, 7) is 3.87. The lowest BCUT2D eigenvalue weighted by molar-refractivity contribution is -0.128. The summed E-state index contributed by atoms with van der Waals surface area (Å²) in [5, 5.41) is 0. The molecule has 0 saturated heterocycles. The van der Waals surface area contributed by atoms with Crippen molar-refractivity contribution in [1.29, 1.82) is 0 Å². The Balaban J connectivity index is 1.71. The number of hydrogen-bond acceptors (Lipinski definition) is 8. The average Bonchev–Trinajstić information content (AvgIpc) is 3.37. The second-order valence-corrected chi connectivity index (χ2v) is 10.6. The van der Waals surface area contributed by atoms with Crippen molar-refractivity contribution in [2.75, 3.05) is 13.7 Å². The average molecular weight is 484 g/mol. The third-order valence-electron chi connectivity index (χ3n) is 8.66. The molecule has 0 spiro atoms. The van der Waals surface area contributed by atoms with Gasteiger partial charge in [0.25, 0.3) is 0 Å². The van der Waals surface area contributed by atoms with Crippen molar-refractivity contribution in [3.63, 3.8) is 0 Å². The molecule has 1 fully saturated rings. The molecule has 1 aliphatic heterocycles. The number of fused-ring (bicyclic) bond motifs is 3. The summed E-state index contributed by atoms with van der Waals surface area (Å²) in [5.41, 5.74) is 5.40. The number of rotatable bonds is 7. The fraction of sp³-hybridized carbons (Fsp3) is 0.577. The molecule has 9 nitrogen and oxygen atoms in total. The van der Waals surface area contributed by atoms with E-state index in [2.05, 4.69) is 0 Å². The third kappa shape index (κ3) is 3.20. The highest BCUT2D eigenvalue weighted by Gasteiger charge is 2.63. The fourth-order valence-corrected chi connectivity index (χ4v) is 7.06. The van der Waals surface area contributed by atoms with Crippen LogP contribution in [0.2, 0.25) is 0 Å². The Morgan fingerprint density at radius 2 is 1.94 bits per heavy atom. The van der Waals surface area contributed by atoms with Crippen molar-refractivity contribution in [2.24, 2.45) is 23.0 Å². The minimum absolute atomic E-state index is 0.00804. The molecule has 1 aromatic rings. The number of nitrogens with two attached hydrogens (primary N) is 1. The predicted molar refractivity (Wildman–Crippen MR) is 120 cm³/mol. The Morgan fingerprint density at radius 3 is 2.63 bits per heavy atom. The number of amides is 1. The monoisotopic (exact) mass is 483 g/mol. The minimum Gasteiger partial charge on any atom is -0.460 e. The molecule has 35 heavy (non-hydrogen) atoms. The molecule has 9 heteroatoms. The van der Waals surface area contributed by atoms with Gasteiger partial charge in [-0.2, -0.15) is 0 Å². The summed E-state index contributed by atoms with van der Waals surface area (Å²) in [6.07, 6.45) is 1.80. The summed E-state index contributed by atoms with van der Waals surface area (Å²) < 4.78 is 16.9. The lowest BCUT2D eigenvalue weighted by atomic mass is 9.51. The van der Waals surface area contributed by atoms with E-state index in [0.29, 0.717) is 30.4 Å². The molecule has 4 aliphatic rings. The summed E-state index contributed by atoms with van der Waals surface area (Å²) in [6, 6.07) is 0. The molecule has 5 atom stereocenters. The standard InChI is InChI=1S/C26H29NO8/c1-25-9-12(8-13(28)4-7-18(27)30)20-19(15(25)5-6-16(25)29)22(31)23-21-14(10-34-23)24(32)35-17(11-33-3)26(20,21)2/h10,12,15,17H,4-9,11H2,1-3H3,(H2,27,30)/t12-,15+,17-,25+,26-/m1/s1. The van der Waals surface area contributed by atoms with Gasteiger partial charge in [-0.05, 0) is 31.3 Å². The van der Waals surface area contributed by atoms with Crippen LogP contribution in [0.4, 0.5) is 0 Å². The Hall–Kier alpha value is -3.07. The highest BCUT2D eigenvalue weighted by atomic mass is 16.6. The number of furan rings is 1. The minimum atomic E-state index is -0.966. The van der Waals surface area contributed by atoms with Crippen molar-refractivity contribution in [3.8, 4) is 0 Å². The topological polar surface area (TPSA) is 143 Å². The van der Waals surface area contributed by atoms with Crippen molar-refractivity contribution in [2.45, 2.75) is 63.9 Å². The summed E-state index contributed by atoms with van der Waals surface area (Å²) >= 11 is 0. The number of methoxy groups -OCH3 is 1. The lowest BCUT2D eigenvalue weighted by Gasteiger charge is -2.52. The van der Waals surface area contributed by atoms with E-state index in [9.17, 15) is 24.0 Å². The zero-order valence-corrected chi connectivity index (χ0v) is 20.1. The fourth-order valence-electron chi connectivity index (χ4n) is 7.06. The number of esters is 1. The molecule has 1 saturated carbocycles. The summed E-state index contributed by atoms with van der Waals surface area (Å²) in [7, 11) is 1.50. The first-order chi connectivity index (χ1) is 16.5. The van der Waals surface area contributed by atoms with Crippen molar-refractivity contribution in [1.82, 2.24) is 0 Å². The molecule has 0 bridgehead atoms. The van der Waals surface area contributed by atoms with Gasteiger partial charge >= 0.3 is 5.97 Å². The van der Waals surface area contributed by atoms with Gasteiger partial charge in [0.2, 0.25) is 11.7 Å². The van der Waals surface area contributed by atoms with Gasteiger partial charge in [-0.1, -0.05) is 6.92 Å². The number of hydrogen-bond donors (Lipinski definition) is 1. The number of carbonyl (C=O) groups is 5. The van der Waals surface area contributed by atoms with Gasteiger partial charge in [0.15, 0.2) is 5.76 Å². The van der Waals surface area contributed by atoms with Crippen LogP contribution in [-0.2, 0) is 29.3 Å². The van der Waals surface area contributed by atoms with Gasteiger partial charge in [0, 0.05) is 55.3 Å². The van der Waals surface area contributed by atoms with E-state index >= 15 is 0 Å². The van der Waals surface area contributed by atoms with Crippen LogP contribution in [0.25, 0.3) is 0 Å². The number of ketones is 3. The SMILES string of the molecule is COC[C@H]1OC(=O)c2coc3c2[C@@]1(C)C1=C(C3=O)[C@@H]2CCC(=O)[C@@]2(C)C[C@H]1CC(=O)CCC(N)=O. The number of carbonyl (C=O) groups excluding carboxylic acids is 5. The van der Waals surface area contributed by atoms with Crippen LogP contribution in [0, 0.1) is 17.3 Å². The van der Waals surface area contributed by atoms with E-state index in [1.807, 2.05) is 13.8 Å². The molecule has 2 heterocycles. The van der Waals surface area contributed by atoms with Crippen LogP contribution >= 0.6 is 0 Å². The van der Waals surface area contributed by atoms with E-state index in [4.69, 9.17) is 19.6 Å². The van der Waals surface area contributed by atoms with Crippen LogP contribution in [-0.4, -0.2) is 49.0 Å². The molecular formula is C26H29NO8. The van der Waals surface area contributed by atoms with E-state index < -0.39 is 34.7 Å². The number of cyclic esters (lactones) is 1.